The second kappa shape index (κ2) is 7.24. The third-order valence-corrected chi connectivity index (χ3v) is 3.86. The monoisotopic (exact) mass is 304 g/mol. The van der Waals surface area contributed by atoms with E-state index in [4.69, 9.17) is 4.52 Å². The molecule has 0 saturated carbocycles. The standard InChI is InChI=1S/C16H24N4O2/c1-5-6-7-8-11(2)18-16(21)15-9-14(19-22-15)13-10-17-20(4)12(13)3/h9-11H,5-8H2,1-4H3,(H,18,21). The number of amides is 1. The van der Waals surface area contributed by atoms with Gasteiger partial charge in [-0.05, 0) is 20.3 Å². The SMILES string of the molecule is CCCCCC(C)NC(=O)c1cc(-c2cnn(C)c2C)no1. The number of carbonyl (C=O) groups excluding carboxylic acids is 1. The lowest BCUT2D eigenvalue weighted by Gasteiger charge is -2.11. The molecule has 6 nitrogen and oxygen atoms in total. The van der Waals surface area contributed by atoms with E-state index in [1.807, 2.05) is 20.9 Å². The number of hydrogen-bond acceptors (Lipinski definition) is 4. The highest BCUT2D eigenvalue weighted by Crippen LogP contribution is 2.22. The maximum atomic E-state index is 12.2. The highest BCUT2D eigenvalue weighted by atomic mass is 16.5. The van der Waals surface area contributed by atoms with E-state index in [2.05, 4.69) is 22.5 Å². The van der Waals surface area contributed by atoms with Gasteiger partial charge in [0, 0.05) is 30.4 Å². The first kappa shape index (κ1) is 16.3. The normalized spacial score (nSPS) is 12.4. The van der Waals surface area contributed by atoms with E-state index in [1.165, 1.54) is 12.8 Å². The molecule has 1 N–H and O–H groups in total. The Bertz CT molecular complexity index is 630. The molecule has 1 atom stereocenters. The van der Waals surface area contributed by atoms with E-state index in [1.54, 1.807) is 16.9 Å². The van der Waals surface area contributed by atoms with E-state index in [9.17, 15) is 4.79 Å². The van der Waals surface area contributed by atoms with Crippen molar-refractivity contribution in [2.24, 2.45) is 7.05 Å². The van der Waals surface area contributed by atoms with Crippen molar-refractivity contribution in [2.75, 3.05) is 0 Å². The Balaban J connectivity index is 1.99. The predicted octanol–water partition coefficient (Wildman–Crippen LogP) is 3.08. The maximum Gasteiger partial charge on any atom is 0.290 e. The van der Waals surface area contributed by atoms with Crippen molar-refractivity contribution in [1.82, 2.24) is 20.3 Å². The van der Waals surface area contributed by atoms with Crippen LogP contribution in [0.2, 0.25) is 0 Å². The largest absolute Gasteiger partial charge is 0.350 e. The molecule has 0 spiro atoms. The topological polar surface area (TPSA) is 73.0 Å². The molecule has 2 heterocycles. The Kier molecular flexibility index (Phi) is 5.35. The molecule has 0 aliphatic rings. The van der Waals surface area contributed by atoms with E-state index >= 15 is 0 Å². The van der Waals surface area contributed by atoms with E-state index in [0.29, 0.717) is 5.69 Å². The number of carbonyl (C=O) groups is 1. The third-order valence-electron chi connectivity index (χ3n) is 3.86. The van der Waals surface area contributed by atoms with Crippen molar-refractivity contribution in [3.05, 3.63) is 23.7 Å². The van der Waals surface area contributed by atoms with Crippen LogP contribution in [0, 0.1) is 6.92 Å². The molecule has 1 unspecified atom stereocenters. The van der Waals surface area contributed by atoms with Crippen LogP contribution < -0.4 is 5.32 Å². The number of aromatic nitrogens is 3. The van der Waals surface area contributed by atoms with Crippen LogP contribution in [0.4, 0.5) is 0 Å². The van der Waals surface area contributed by atoms with E-state index in [0.717, 1.165) is 24.1 Å². The molecule has 0 radical (unpaired) electrons. The summed E-state index contributed by atoms with van der Waals surface area (Å²) >= 11 is 0. The van der Waals surface area contributed by atoms with Crippen molar-refractivity contribution in [2.45, 2.75) is 52.5 Å². The summed E-state index contributed by atoms with van der Waals surface area (Å²) in [6.07, 6.45) is 6.18. The molecule has 22 heavy (non-hydrogen) atoms. The van der Waals surface area contributed by atoms with Crippen molar-refractivity contribution in [3.63, 3.8) is 0 Å². The zero-order valence-electron chi connectivity index (χ0n) is 13.7. The highest BCUT2D eigenvalue weighted by molar-refractivity contribution is 5.92. The summed E-state index contributed by atoms with van der Waals surface area (Å²) in [5.74, 6) is 0.0184. The number of rotatable bonds is 7. The summed E-state index contributed by atoms with van der Waals surface area (Å²) in [5.41, 5.74) is 2.49. The predicted molar refractivity (Wildman–Crippen MR) is 84.5 cm³/mol. The highest BCUT2D eigenvalue weighted by Gasteiger charge is 2.18. The molecule has 1 amide bonds. The lowest BCUT2D eigenvalue weighted by Crippen LogP contribution is -2.32. The minimum absolute atomic E-state index is 0.132. The number of nitrogens with one attached hydrogen (secondary N) is 1. The summed E-state index contributed by atoms with van der Waals surface area (Å²) in [7, 11) is 1.87. The average Bonchev–Trinajstić information content (AvgIpc) is 3.08. The van der Waals surface area contributed by atoms with Gasteiger partial charge in [-0.25, -0.2) is 0 Å². The average molecular weight is 304 g/mol. The van der Waals surface area contributed by atoms with Crippen LogP contribution in [0.3, 0.4) is 0 Å². The molecule has 0 aliphatic heterocycles. The second-order valence-corrected chi connectivity index (χ2v) is 5.71. The number of aryl methyl sites for hydroxylation is 1. The molecular weight excluding hydrogens is 280 g/mol. The van der Waals surface area contributed by atoms with Crippen molar-refractivity contribution < 1.29 is 9.32 Å². The van der Waals surface area contributed by atoms with Gasteiger partial charge in [0.15, 0.2) is 0 Å². The van der Waals surface area contributed by atoms with Gasteiger partial charge in [-0.1, -0.05) is 31.3 Å². The molecule has 6 heteroatoms. The lowest BCUT2D eigenvalue weighted by molar-refractivity contribution is 0.0900. The zero-order valence-corrected chi connectivity index (χ0v) is 13.7. The molecule has 0 aliphatic carbocycles. The third kappa shape index (κ3) is 3.75. The van der Waals surface area contributed by atoms with Crippen LogP contribution in [-0.4, -0.2) is 26.9 Å². The quantitative estimate of drug-likeness (QED) is 0.798. The molecule has 0 saturated heterocycles. The van der Waals surface area contributed by atoms with Gasteiger partial charge in [0.05, 0.1) is 6.20 Å². The molecule has 0 aromatic carbocycles. The van der Waals surface area contributed by atoms with E-state index in [-0.39, 0.29) is 17.7 Å². The van der Waals surface area contributed by atoms with Gasteiger partial charge in [0.1, 0.15) is 5.69 Å². The Morgan fingerprint density at radius 3 is 2.86 bits per heavy atom. The molecule has 0 bridgehead atoms. The van der Waals surface area contributed by atoms with Crippen LogP contribution in [-0.2, 0) is 7.05 Å². The molecule has 120 valence electrons. The molecular formula is C16H24N4O2. The van der Waals surface area contributed by atoms with Gasteiger partial charge < -0.3 is 9.84 Å². The van der Waals surface area contributed by atoms with Crippen molar-refractivity contribution in [1.29, 1.82) is 0 Å². The fourth-order valence-corrected chi connectivity index (χ4v) is 2.33. The first-order chi connectivity index (χ1) is 10.5. The van der Waals surface area contributed by atoms with E-state index < -0.39 is 0 Å². The van der Waals surface area contributed by atoms with Gasteiger partial charge in [0.25, 0.3) is 5.91 Å². The first-order valence-corrected chi connectivity index (χ1v) is 7.79. The van der Waals surface area contributed by atoms with Crippen LogP contribution in [0.15, 0.2) is 16.8 Å². The van der Waals surface area contributed by atoms with Crippen LogP contribution in [0.25, 0.3) is 11.3 Å². The smallest absolute Gasteiger partial charge is 0.290 e. The van der Waals surface area contributed by atoms with Crippen molar-refractivity contribution in [3.8, 4) is 11.3 Å². The fraction of sp³-hybridized carbons (Fsp3) is 0.562. The summed E-state index contributed by atoms with van der Waals surface area (Å²) in [5, 5.41) is 11.1. The zero-order chi connectivity index (χ0) is 16.1. The Hall–Kier alpha value is -2.11. The molecule has 2 aromatic rings. The van der Waals surface area contributed by atoms with Gasteiger partial charge in [-0.15, -0.1) is 0 Å². The number of hydrogen-bond donors (Lipinski definition) is 1. The second-order valence-electron chi connectivity index (χ2n) is 5.71. The Morgan fingerprint density at radius 1 is 1.45 bits per heavy atom. The summed E-state index contributed by atoms with van der Waals surface area (Å²) in [4.78, 5) is 12.2. The van der Waals surface area contributed by atoms with Gasteiger partial charge in [-0.2, -0.15) is 5.10 Å². The maximum absolute atomic E-state index is 12.2. The number of unbranched alkanes of at least 4 members (excludes halogenated alkanes) is 2. The van der Waals surface area contributed by atoms with Crippen LogP contribution >= 0.6 is 0 Å². The Labute approximate surface area is 130 Å². The summed E-state index contributed by atoms with van der Waals surface area (Å²) in [6.45, 7) is 6.13. The first-order valence-electron chi connectivity index (χ1n) is 7.79. The molecule has 2 aromatic heterocycles. The van der Waals surface area contributed by atoms with Gasteiger partial charge in [-0.3, -0.25) is 9.48 Å². The van der Waals surface area contributed by atoms with Gasteiger partial charge >= 0.3 is 0 Å². The van der Waals surface area contributed by atoms with Crippen molar-refractivity contribution >= 4 is 5.91 Å². The fourth-order valence-electron chi connectivity index (χ4n) is 2.33. The minimum Gasteiger partial charge on any atom is -0.350 e. The molecule has 2 rings (SSSR count). The lowest BCUT2D eigenvalue weighted by atomic mass is 10.1. The minimum atomic E-state index is -0.218. The molecule has 0 fully saturated rings. The van der Waals surface area contributed by atoms with Gasteiger partial charge in [0.2, 0.25) is 5.76 Å². The van der Waals surface area contributed by atoms with Crippen LogP contribution in [0.1, 0.15) is 55.8 Å². The summed E-state index contributed by atoms with van der Waals surface area (Å²) < 4.78 is 6.94. The van der Waals surface area contributed by atoms with Crippen LogP contribution in [0.5, 0.6) is 0 Å². The number of nitrogens with zero attached hydrogens (tertiary/aromatic N) is 3. The summed E-state index contributed by atoms with van der Waals surface area (Å²) in [6, 6.07) is 1.80. The Morgan fingerprint density at radius 2 is 2.23 bits per heavy atom.